The van der Waals surface area contributed by atoms with Gasteiger partial charge in [0.25, 0.3) is 5.91 Å². The van der Waals surface area contributed by atoms with Crippen LogP contribution < -0.4 is 10.1 Å². The van der Waals surface area contributed by atoms with E-state index in [1.165, 1.54) is 19.2 Å². The van der Waals surface area contributed by atoms with E-state index in [2.05, 4.69) is 5.32 Å². The van der Waals surface area contributed by atoms with E-state index in [9.17, 15) is 14.0 Å². The lowest BCUT2D eigenvalue weighted by molar-refractivity contribution is -0.120. The predicted octanol–water partition coefficient (Wildman–Crippen LogP) is 1.93. The number of Topliss-reactive ketones (excluding diaryl/α,β-unsaturated/α-hetero) is 1. The fourth-order valence-corrected chi connectivity index (χ4v) is 1.47. The normalized spacial score (nSPS) is 11.8. The highest BCUT2D eigenvalue weighted by molar-refractivity contribution is 5.98. The van der Waals surface area contributed by atoms with E-state index < -0.39 is 17.8 Å². The van der Waals surface area contributed by atoms with Crippen LogP contribution in [0.5, 0.6) is 5.75 Å². The van der Waals surface area contributed by atoms with Crippen molar-refractivity contribution in [1.82, 2.24) is 5.32 Å². The van der Waals surface area contributed by atoms with Crippen LogP contribution in [0, 0.1) is 5.82 Å². The number of benzene rings is 1. The molecule has 0 aliphatic carbocycles. The highest BCUT2D eigenvalue weighted by atomic mass is 19.1. The summed E-state index contributed by atoms with van der Waals surface area (Å²) in [5.41, 5.74) is 0.254. The van der Waals surface area contributed by atoms with Crippen molar-refractivity contribution in [2.24, 2.45) is 0 Å². The molecule has 1 unspecified atom stereocenters. The number of methoxy groups -OCH3 is 1. The lowest BCUT2D eigenvalue weighted by atomic mass is 10.1. The molecular formula is C13H16FNO3. The summed E-state index contributed by atoms with van der Waals surface area (Å²) in [6.45, 7) is 3.34. The first-order valence-electron chi connectivity index (χ1n) is 5.66. The first-order valence-corrected chi connectivity index (χ1v) is 5.66. The second kappa shape index (κ2) is 6.14. The Morgan fingerprint density at radius 1 is 1.44 bits per heavy atom. The number of nitrogens with one attached hydrogen (secondary N) is 1. The summed E-state index contributed by atoms with van der Waals surface area (Å²) >= 11 is 0. The lowest BCUT2D eigenvalue weighted by Crippen LogP contribution is -2.38. The van der Waals surface area contributed by atoms with E-state index in [-0.39, 0.29) is 17.1 Å². The van der Waals surface area contributed by atoms with Gasteiger partial charge in [-0.05, 0) is 25.1 Å². The van der Waals surface area contributed by atoms with E-state index >= 15 is 0 Å². The number of rotatable bonds is 5. The Kier molecular flexibility index (Phi) is 4.83. The summed E-state index contributed by atoms with van der Waals surface area (Å²) in [5, 5.41) is 2.55. The molecule has 1 amide bonds. The summed E-state index contributed by atoms with van der Waals surface area (Å²) in [7, 11) is 1.32. The molecule has 0 aliphatic heterocycles. The van der Waals surface area contributed by atoms with Crippen LogP contribution in [-0.4, -0.2) is 24.8 Å². The first kappa shape index (κ1) is 14.2. The van der Waals surface area contributed by atoms with Gasteiger partial charge in [-0.25, -0.2) is 4.39 Å². The van der Waals surface area contributed by atoms with E-state index in [0.717, 1.165) is 6.07 Å². The summed E-state index contributed by atoms with van der Waals surface area (Å²) in [6.07, 6.45) is 0.355. The van der Waals surface area contributed by atoms with Crippen molar-refractivity contribution in [3.63, 3.8) is 0 Å². The highest BCUT2D eigenvalue weighted by Crippen LogP contribution is 2.18. The number of ketones is 1. The minimum Gasteiger partial charge on any atom is -0.494 e. The number of hydrogen-bond donors (Lipinski definition) is 1. The largest absolute Gasteiger partial charge is 0.494 e. The molecule has 1 rings (SSSR count). The molecule has 0 heterocycles. The van der Waals surface area contributed by atoms with Crippen molar-refractivity contribution in [2.45, 2.75) is 26.3 Å². The Hall–Kier alpha value is -1.91. The lowest BCUT2D eigenvalue weighted by Gasteiger charge is -2.12. The van der Waals surface area contributed by atoms with E-state index in [4.69, 9.17) is 4.74 Å². The highest BCUT2D eigenvalue weighted by Gasteiger charge is 2.16. The van der Waals surface area contributed by atoms with Gasteiger partial charge in [0.15, 0.2) is 17.3 Å². The van der Waals surface area contributed by atoms with Crippen molar-refractivity contribution >= 4 is 11.7 Å². The van der Waals surface area contributed by atoms with Gasteiger partial charge in [-0.2, -0.15) is 0 Å². The van der Waals surface area contributed by atoms with Crippen molar-refractivity contribution in [3.8, 4) is 5.75 Å². The van der Waals surface area contributed by atoms with Gasteiger partial charge in [0.2, 0.25) is 0 Å². The summed E-state index contributed by atoms with van der Waals surface area (Å²) < 4.78 is 18.0. The molecule has 0 saturated heterocycles. The third-order valence-corrected chi connectivity index (χ3v) is 2.59. The zero-order chi connectivity index (χ0) is 13.7. The van der Waals surface area contributed by atoms with Crippen LogP contribution in [0.25, 0.3) is 0 Å². The second-order valence-electron chi connectivity index (χ2n) is 3.86. The second-order valence-corrected chi connectivity index (χ2v) is 3.86. The maximum absolute atomic E-state index is 13.2. The van der Waals surface area contributed by atoms with Gasteiger partial charge >= 0.3 is 0 Å². The summed E-state index contributed by atoms with van der Waals surface area (Å²) in [4.78, 5) is 23.2. The van der Waals surface area contributed by atoms with E-state index in [0.29, 0.717) is 6.42 Å². The number of carbonyl (C=O) groups excluding carboxylic acids is 2. The number of ether oxygens (including phenoxy) is 1. The quantitative estimate of drug-likeness (QED) is 0.872. The Bertz CT molecular complexity index is 460. The molecule has 0 fully saturated rings. The summed E-state index contributed by atoms with van der Waals surface area (Å²) in [5.74, 6) is -1.02. The smallest absolute Gasteiger partial charge is 0.251 e. The molecular weight excluding hydrogens is 237 g/mol. The zero-order valence-corrected chi connectivity index (χ0v) is 10.6. The maximum atomic E-state index is 13.2. The molecule has 0 bridgehead atoms. The Labute approximate surface area is 105 Å². The third kappa shape index (κ3) is 3.29. The standard InChI is InChI=1S/C13H16FNO3/c1-4-11(16)8(2)15-13(17)9-5-6-10(14)12(7-9)18-3/h5-8H,4H2,1-3H3,(H,15,17). The first-order chi connectivity index (χ1) is 8.49. The molecule has 0 spiro atoms. The predicted molar refractivity (Wildman–Crippen MR) is 65.2 cm³/mol. The summed E-state index contributed by atoms with van der Waals surface area (Å²) in [6, 6.07) is 3.24. The van der Waals surface area contributed by atoms with Crippen molar-refractivity contribution in [1.29, 1.82) is 0 Å². The molecule has 5 heteroatoms. The minimum absolute atomic E-state index is 0.00267. The fourth-order valence-electron chi connectivity index (χ4n) is 1.47. The van der Waals surface area contributed by atoms with Crippen LogP contribution in [0.1, 0.15) is 30.6 Å². The van der Waals surface area contributed by atoms with Gasteiger partial charge in [-0.1, -0.05) is 6.92 Å². The monoisotopic (exact) mass is 253 g/mol. The molecule has 4 nitrogen and oxygen atoms in total. The van der Waals surface area contributed by atoms with Gasteiger partial charge < -0.3 is 10.1 Å². The Balaban J connectivity index is 2.81. The van der Waals surface area contributed by atoms with Crippen LogP contribution in [0.2, 0.25) is 0 Å². The average Bonchev–Trinajstić information content (AvgIpc) is 2.37. The van der Waals surface area contributed by atoms with Crippen LogP contribution in [-0.2, 0) is 4.79 Å². The molecule has 0 aromatic heterocycles. The van der Waals surface area contributed by atoms with Gasteiger partial charge in [-0.3, -0.25) is 9.59 Å². The van der Waals surface area contributed by atoms with Crippen LogP contribution >= 0.6 is 0 Å². The van der Waals surface area contributed by atoms with Crippen molar-refractivity contribution in [2.75, 3.05) is 7.11 Å². The topological polar surface area (TPSA) is 55.4 Å². The molecule has 0 saturated carbocycles. The molecule has 1 aromatic rings. The van der Waals surface area contributed by atoms with E-state index in [1.54, 1.807) is 13.8 Å². The van der Waals surface area contributed by atoms with Gasteiger partial charge in [-0.15, -0.1) is 0 Å². The van der Waals surface area contributed by atoms with Crippen LogP contribution in [0.4, 0.5) is 4.39 Å². The minimum atomic E-state index is -0.557. The number of hydrogen-bond acceptors (Lipinski definition) is 3. The van der Waals surface area contributed by atoms with Gasteiger partial charge in [0, 0.05) is 12.0 Å². The Morgan fingerprint density at radius 3 is 2.67 bits per heavy atom. The van der Waals surface area contributed by atoms with Crippen molar-refractivity contribution in [3.05, 3.63) is 29.6 Å². The van der Waals surface area contributed by atoms with Crippen LogP contribution in [0.15, 0.2) is 18.2 Å². The number of amides is 1. The molecule has 1 atom stereocenters. The average molecular weight is 253 g/mol. The van der Waals surface area contributed by atoms with Crippen LogP contribution in [0.3, 0.4) is 0 Å². The number of carbonyl (C=O) groups is 2. The molecule has 18 heavy (non-hydrogen) atoms. The molecule has 0 radical (unpaired) electrons. The fraction of sp³-hybridized carbons (Fsp3) is 0.385. The molecule has 0 aliphatic rings. The zero-order valence-electron chi connectivity index (χ0n) is 10.6. The van der Waals surface area contributed by atoms with Gasteiger partial charge in [0.1, 0.15) is 0 Å². The SMILES string of the molecule is CCC(=O)C(C)NC(=O)c1ccc(F)c(OC)c1. The van der Waals surface area contributed by atoms with Crippen molar-refractivity contribution < 1.29 is 18.7 Å². The third-order valence-electron chi connectivity index (χ3n) is 2.59. The molecule has 1 N–H and O–H groups in total. The Morgan fingerprint density at radius 2 is 2.11 bits per heavy atom. The van der Waals surface area contributed by atoms with Gasteiger partial charge in [0.05, 0.1) is 13.2 Å². The molecule has 1 aromatic carbocycles. The van der Waals surface area contributed by atoms with E-state index in [1.807, 2.05) is 0 Å². The molecule has 98 valence electrons. The maximum Gasteiger partial charge on any atom is 0.251 e. The number of halogens is 1.